The molecule has 1 aromatic rings. The molecule has 0 aromatic heterocycles. The van der Waals surface area contributed by atoms with E-state index in [0.29, 0.717) is 0 Å². The van der Waals surface area contributed by atoms with Crippen molar-refractivity contribution in [1.29, 1.82) is 0 Å². The van der Waals surface area contributed by atoms with Gasteiger partial charge in [-0.25, -0.2) is 0 Å². The van der Waals surface area contributed by atoms with Crippen LogP contribution in [-0.4, -0.2) is 17.3 Å². The molecular weight excluding hydrogens is 158 g/mol. The van der Waals surface area contributed by atoms with Gasteiger partial charge in [0.2, 0.25) is 5.69 Å². The Balaban J connectivity index is 2.47. The Bertz CT molecular complexity index is 386. The highest BCUT2D eigenvalue weighted by atomic mass is 15.0. The van der Waals surface area contributed by atoms with Crippen LogP contribution < -0.4 is 0 Å². The molecule has 0 atom stereocenters. The van der Waals surface area contributed by atoms with E-state index in [4.69, 9.17) is 0 Å². The summed E-state index contributed by atoms with van der Waals surface area (Å²) in [6.07, 6.45) is 5.34. The predicted molar refractivity (Wildman–Crippen MR) is 55.8 cm³/mol. The van der Waals surface area contributed by atoms with Crippen LogP contribution in [0.5, 0.6) is 0 Å². The van der Waals surface area contributed by atoms with Gasteiger partial charge in [0.25, 0.3) is 0 Å². The summed E-state index contributed by atoms with van der Waals surface area (Å²) in [5.41, 5.74) is 4.15. The Morgan fingerprint density at radius 3 is 2.77 bits per heavy atom. The number of para-hydroxylation sites is 1. The zero-order valence-corrected chi connectivity index (χ0v) is 8.12. The third-order valence-electron chi connectivity index (χ3n) is 2.51. The molecule has 1 aromatic carbocycles. The zero-order valence-electron chi connectivity index (χ0n) is 8.12. The summed E-state index contributed by atoms with van der Waals surface area (Å²) >= 11 is 0. The van der Waals surface area contributed by atoms with E-state index in [1.54, 1.807) is 0 Å². The topological polar surface area (TPSA) is 3.01 Å². The van der Waals surface area contributed by atoms with E-state index < -0.39 is 0 Å². The molecule has 0 bridgehead atoms. The van der Waals surface area contributed by atoms with Crippen LogP contribution in [0.15, 0.2) is 36.4 Å². The molecule has 1 aliphatic heterocycles. The van der Waals surface area contributed by atoms with Crippen molar-refractivity contribution in [3.63, 3.8) is 0 Å². The van der Waals surface area contributed by atoms with Crippen LogP contribution >= 0.6 is 0 Å². The predicted octanol–water partition coefficient (Wildman–Crippen LogP) is 2.53. The van der Waals surface area contributed by atoms with Gasteiger partial charge in [-0.2, -0.15) is 4.58 Å². The first kappa shape index (κ1) is 8.24. The average Bonchev–Trinajstić information content (AvgIpc) is 2.46. The van der Waals surface area contributed by atoms with E-state index in [1.165, 1.54) is 17.0 Å². The maximum atomic E-state index is 2.26. The largest absolute Gasteiger partial charge is 0.208 e. The van der Waals surface area contributed by atoms with Crippen LogP contribution in [0.2, 0.25) is 0 Å². The second kappa shape index (κ2) is 3.17. The molecule has 13 heavy (non-hydrogen) atoms. The fourth-order valence-electron chi connectivity index (χ4n) is 1.82. The fourth-order valence-corrected chi connectivity index (χ4v) is 1.82. The van der Waals surface area contributed by atoms with Gasteiger partial charge in [-0.3, -0.25) is 0 Å². The van der Waals surface area contributed by atoms with E-state index in [9.17, 15) is 0 Å². The number of nitrogens with zero attached hydrogens (tertiary/aromatic N) is 1. The number of benzene rings is 1. The smallest absolute Gasteiger partial charge is 0.198 e. The van der Waals surface area contributed by atoms with Crippen molar-refractivity contribution >= 4 is 11.4 Å². The minimum atomic E-state index is 1.07. The van der Waals surface area contributed by atoms with Crippen molar-refractivity contribution in [1.82, 2.24) is 0 Å². The summed E-state index contributed by atoms with van der Waals surface area (Å²) in [6.45, 7) is 2.06. The quantitative estimate of drug-likeness (QED) is 0.573. The van der Waals surface area contributed by atoms with E-state index in [2.05, 4.69) is 55.0 Å². The van der Waals surface area contributed by atoms with Gasteiger partial charge < -0.3 is 0 Å². The van der Waals surface area contributed by atoms with Gasteiger partial charge in [0.1, 0.15) is 7.05 Å². The molecule has 1 nitrogen and oxygen atoms in total. The molecule has 0 aliphatic carbocycles. The molecule has 1 heteroatoms. The van der Waals surface area contributed by atoms with Crippen LogP contribution in [0, 0.1) is 0 Å². The summed E-state index contributed by atoms with van der Waals surface area (Å²) in [5.74, 6) is 0. The second-order valence-corrected chi connectivity index (χ2v) is 3.36. The Morgan fingerprint density at radius 1 is 1.31 bits per heavy atom. The molecule has 0 fully saturated rings. The third-order valence-corrected chi connectivity index (χ3v) is 2.51. The molecule has 0 N–H and O–H groups in total. The summed E-state index contributed by atoms with van der Waals surface area (Å²) in [7, 11) is 2.13. The molecule has 0 spiro atoms. The van der Waals surface area contributed by atoms with E-state index in [1.807, 2.05) is 0 Å². The number of hydrogen-bond acceptors (Lipinski definition) is 0. The summed E-state index contributed by atoms with van der Waals surface area (Å²) in [4.78, 5) is 0. The van der Waals surface area contributed by atoms with Crippen molar-refractivity contribution in [3.8, 4) is 0 Å². The van der Waals surface area contributed by atoms with E-state index >= 15 is 0 Å². The Kier molecular flexibility index (Phi) is 2.01. The molecule has 0 unspecified atom stereocenters. The molecule has 0 amide bonds. The number of hydrogen-bond donors (Lipinski definition) is 0. The van der Waals surface area contributed by atoms with Crippen molar-refractivity contribution in [2.24, 2.45) is 0 Å². The molecule has 0 radical (unpaired) electrons. The van der Waals surface area contributed by atoms with Gasteiger partial charge in [-0.05, 0) is 6.92 Å². The summed E-state index contributed by atoms with van der Waals surface area (Å²) in [6, 6.07) is 8.56. The maximum absolute atomic E-state index is 2.26. The van der Waals surface area contributed by atoms with Crippen molar-refractivity contribution in [2.75, 3.05) is 7.05 Å². The van der Waals surface area contributed by atoms with Gasteiger partial charge in [0.15, 0.2) is 5.71 Å². The lowest BCUT2D eigenvalue weighted by molar-refractivity contribution is -0.400. The molecular formula is C12H14N+. The Hall–Kier alpha value is -1.37. The Morgan fingerprint density at radius 2 is 2.08 bits per heavy atom. The maximum Gasteiger partial charge on any atom is 0.208 e. The molecule has 0 saturated carbocycles. The first-order chi connectivity index (χ1) is 6.33. The number of allylic oxidation sites excluding steroid dienone is 2. The summed E-state index contributed by atoms with van der Waals surface area (Å²) in [5, 5.41) is 0. The van der Waals surface area contributed by atoms with E-state index in [-0.39, 0.29) is 0 Å². The van der Waals surface area contributed by atoms with Gasteiger partial charge >= 0.3 is 0 Å². The molecule has 66 valence electrons. The minimum absolute atomic E-state index is 1.07. The van der Waals surface area contributed by atoms with Crippen molar-refractivity contribution in [3.05, 3.63) is 42.0 Å². The monoisotopic (exact) mass is 172 g/mol. The number of rotatable bonds is 1. The van der Waals surface area contributed by atoms with Crippen LogP contribution in [-0.2, 0) is 6.42 Å². The summed E-state index contributed by atoms with van der Waals surface area (Å²) < 4.78 is 2.26. The third kappa shape index (κ3) is 1.31. The van der Waals surface area contributed by atoms with Crippen molar-refractivity contribution in [2.45, 2.75) is 13.3 Å². The highest BCUT2D eigenvalue weighted by Crippen LogP contribution is 2.24. The highest BCUT2D eigenvalue weighted by molar-refractivity contribution is 5.95. The number of fused-ring (bicyclic) bond motifs is 1. The standard InChI is InChI=1S/C12H14N/c1-3-6-11-9-10-7-4-5-8-12(10)13(11)2/h3-8H,9H2,1-2H3/q+1/b6-3+. The van der Waals surface area contributed by atoms with Gasteiger partial charge in [0.05, 0.1) is 6.42 Å². The van der Waals surface area contributed by atoms with Gasteiger partial charge in [0, 0.05) is 17.7 Å². The lowest BCUT2D eigenvalue weighted by Crippen LogP contribution is -2.04. The molecule has 1 aliphatic rings. The van der Waals surface area contributed by atoms with E-state index in [0.717, 1.165) is 6.42 Å². The molecule has 0 saturated heterocycles. The van der Waals surface area contributed by atoms with Crippen LogP contribution in [0.25, 0.3) is 0 Å². The van der Waals surface area contributed by atoms with Gasteiger partial charge in [-0.1, -0.05) is 24.3 Å². The fraction of sp³-hybridized carbons (Fsp3) is 0.250. The lowest BCUT2D eigenvalue weighted by Gasteiger charge is -1.91. The van der Waals surface area contributed by atoms with Crippen LogP contribution in [0.1, 0.15) is 12.5 Å². The minimum Gasteiger partial charge on any atom is -0.198 e. The Labute approximate surface area is 79.0 Å². The first-order valence-electron chi connectivity index (χ1n) is 4.63. The van der Waals surface area contributed by atoms with Gasteiger partial charge in [-0.15, -0.1) is 0 Å². The van der Waals surface area contributed by atoms with Crippen molar-refractivity contribution < 1.29 is 4.58 Å². The zero-order chi connectivity index (χ0) is 9.26. The molecule has 1 heterocycles. The average molecular weight is 172 g/mol. The second-order valence-electron chi connectivity index (χ2n) is 3.36. The first-order valence-corrected chi connectivity index (χ1v) is 4.63. The SMILES string of the molecule is C/C=C/C1=[N+](C)c2ccccc2C1. The highest BCUT2D eigenvalue weighted by Gasteiger charge is 2.23. The molecule has 2 rings (SSSR count). The van der Waals surface area contributed by atoms with Crippen LogP contribution in [0.4, 0.5) is 5.69 Å². The normalized spacial score (nSPS) is 15.5. The van der Waals surface area contributed by atoms with Crippen LogP contribution in [0.3, 0.4) is 0 Å². The lowest BCUT2D eigenvalue weighted by atomic mass is 10.1.